The predicted octanol–water partition coefficient (Wildman–Crippen LogP) is 3.01. The smallest absolute Gasteiger partial charge is 0.337 e. The Morgan fingerprint density at radius 2 is 1.83 bits per heavy atom. The summed E-state index contributed by atoms with van der Waals surface area (Å²) in [6, 6.07) is 12.3. The van der Waals surface area contributed by atoms with Crippen molar-refractivity contribution < 1.29 is 19.0 Å². The minimum atomic E-state index is -0.400. The molecule has 0 spiro atoms. The first-order valence-electron chi connectivity index (χ1n) is 6.82. The summed E-state index contributed by atoms with van der Waals surface area (Å²) in [5, 5.41) is 6.46. The van der Waals surface area contributed by atoms with Gasteiger partial charge in [0.25, 0.3) is 0 Å². The van der Waals surface area contributed by atoms with Crippen molar-refractivity contribution in [3.05, 3.63) is 48.0 Å². The molecule has 23 heavy (non-hydrogen) atoms. The number of carbonyl (C=O) groups is 1. The second-order valence-electron chi connectivity index (χ2n) is 4.72. The van der Waals surface area contributed by atoms with Crippen molar-refractivity contribution in [2.24, 2.45) is 0 Å². The Morgan fingerprint density at radius 1 is 1.09 bits per heavy atom. The fourth-order valence-electron chi connectivity index (χ4n) is 2.11. The van der Waals surface area contributed by atoms with Crippen molar-refractivity contribution in [2.75, 3.05) is 24.5 Å². The SMILES string of the molecule is COC(=O)c1cccc(NC(=S)Nc2ccc3c(c2)OCO3)c1. The van der Waals surface area contributed by atoms with Crippen LogP contribution in [-0.2, 0) is 4.74 Å². The van der Waals surface area contributed by atoms with Gasteiger partial charge in [-0.05, 0) is 42.5 Å². The maximum atomic E-state index is 11.5. The van der Waals surface area contributed by atoms with Gasteiger partial charge in [0.05, 0.1) is 12.7 Å². The largest absolute Gasteiger partial charge is 0.465 e. The standard InChI is InChI=1S/C16H14N2O4S/c1-20-15(19)10-3-2-4-11(7-10)17-16(23)18-12-5-6-13-14(8-12)22-9-21-13/h2-8H,9H2,1H3,(H2,17,18,23). The lowest BCUT2D eigenvalue weighted by Crippen LogP contribution is -2.19. The molecule has 0 unspecified atom stereocenters. The van der Waals surface area contributed by atoms with E-state index in [9.17, 15) is 4.79 Å². The molecule has 6 nitrogen and oxygen atoms in total. The first-order valence-corrected chi connectivity index (χ1v) is 7.22. The highest BCUT2D eigenvalue weighted by Crippen LogP contribution is 2.34. The monoisotopic (exact) mass is 330 g/mol. The summed E-state index contributed by atoms with van der Waals surface area (Å²) in [6.45, 7) is 0.224. The number of nitrogens with one attached hydrogen (secondary N) is 2. The fraction of sp³-hybridized carbons (Fsp3) is 0.125. The van der Waals surface area contributed by atoms with E-state index in [0.717, 1.165) is 5.69 Å². The molecule has 7 heteroatoms. The number of carbonyl (C=O) groups excluding carboxylic acids is 1. The first-order chi connectivity index (χ1) is 11.2. The number of rotatable bonds is 3. The molecule has 0 amide bonds. The topological polar surface area (TPSA) is 68.8 Å². The highest BCUT2D eigenvalue weighted by molar-refractivity contribution is 7.80. The van der Waals surface area contributed by atoms with E-state index in [-0.39, 0.29) is 6.79 Å². The number of methoxy groups -OCH3 is 1. The van der Waals surface area contributed by atoms with Gasteiger partial charge in [0, 0.05) is 17.4 Å². The second kappa shape index (κ2) is 6.53. The van der Waals surface area contributed by atoms with E-state index in [2.05, 4.69) is 10.6 Å². The van der Waals surface area contributed by atoms with Crippen molar-refractivity contribution in [2.45, 2.75) is 0 Å². The molecule has 1 aliphatic rings. The van der Waals surface area contributed by atoms with Crippen LogP contribution in [0.2, 0.25) is 0 Å². The molecule has 0 aliphatic carbocycles. The third-order valence-electron chi connectivity index (χ3n) is 3.17. The molecule has 0 fully saturated rings. The van der Waals surface area contributed by atoms with Gasteiger partial charge in [0.1, 0.15) is 0 Å². The van der Waals surface area contributed by atoms with Gasteiger partial charge in [-0.2, -0.15) is 0 Å². The normalized spacial score (nSPS) is 11.7. The zero-order chi connectivity index (χ0) is 16.2. The molecule has 0 atom stereocenters. The number of benzene rings is 2. The maximum Gasteiger partial charge on any atom is 0.337 e. The molecule has 0 saturated carbocycles. The van der Waals surface area contributed by atoms with Crippen molar-refractivity contribution in [3.63, 3.8) is 0 Å². The van der Waals surface area contributed by atoms with Crippen molar-refractivity contribution in [1.82, 2.24) is 0 Å². The summed E-state index contributed by atoms with van der Waals surface area (Å²) in [7, 11) is 1.34. The van der Waals surface area contributed by atoms with Crippen molar-refractivity contribution >= 4 is 34.7 Å². The van der Waals surface area contributed by atoms with Crippen molar-refractivity contribution in [1.29, 1.82) is 0 Å². The quantitative estimate of drug-likeness (QED) is 0.662. The van der Waals surface area contributed by atoms with Crippen LogP contribution in [0, 0.1) is 0 Å². The van der Waals surface area contributed by atoms with E-state index in [0.29, 0.717) is 27.9 Å². The number of esters is 1. The number of hydrogen-bond acceptors (Lipinski definition) is 5. The third kappa shape index (κ3) is 3.51. The lowest BCUT2D eigenvalue weighted by atomic mass is 10.2. The molecule has 3 rings (SSSR count). The molecule has 0 bridgehead atoms. The number of hydrogen-bond donors (Lipinski definition) is 2. The number of anilines is 2. The van der Waals surface area contributed by atoms with Crippen molar-refractivity contribution in [3.8, 4) is 11.5 Å². The zero-order valence-corrected chi connectivity index (χ0v) is 13.1. The van der Waals surface area contributed by atoms with Gasteiger partial charge in [-0.1, -0.05) is 6.07 Å². The summed E-state index contributed by atoms with van der Waals surface area (Å²) < 4.78 is 15.3. The molecule has 1 heterocycles. The van der Waals surface area contributed by atoms with Crippen LogP contribution < -0.4 is 20.1 Å². The highest BCUT2D eigenvalue weighted by Gasteiger charge is 2.13. The second-order valence-corrected chi connectivity index (χ2v) is 5.13. The average molecular weight is 330 g/mol. The minimum absolute atomic E-state index is 0.224. The van der Waals surface area contributed by atoms with Gasteiger partial charge in [-0.15, -0.1) is 0 Å². The molecular formula is C16H14N2O4S. The van der Waals surface area contributed by atoms with Crippen LogP contribution in [0.4, 0.5) is 11.4 Å². The van der Waals surface area contributed by atoms with E-state index in [4.69, 9.17) is 26.4 Å². The Labute approximate surface area is 138 Å². The van der Waals surface area contributed by atoms with E-state index in [1.807, 2.05) is 12.1 Å². The summed E-state index contributed by atoms with van der Waals surface area (Å²) in [5.41, 5.74) is 1.91. The van der Waals surface area contributed by atoms with Crippen LogP contribution in [-0.4, -0.2) is 25.0 Å². The summed E-state index contributed by atoms with van der Waals surface area (Å²) in [6.07, 6.45) is 0. The average Bonchev–Trinajstić information content (AvgIpc) is 3.02. The van der Waals surface area contributed by atoms with Crippen LogP contribution in [0.25, 0.3) is 0 Å². The minimum Gasteiger partial charge on any atom is -0.465 e. The Kier molecular flexibility index (Phi) is 4.29. The van der Waals surface area contributed by atoms with E-state index in [1.165, 1.54) is 7.11 Å². The Morgan fingerprint density at radius 3 is 2.61 bits per heavy atom. The number of fused-ring (bicyclic) bond motifs is 1. The lowest BCUT2D eigenvalue weighted by molar-refractivity contribution is 0.0601. The molecule has 118 valence electrons. The Balaban J connectivity index is 1.66. The fourth-order valence-corrected chi connectivity index (χ4v) is 2.35. The van der Waals surface area contributed by atoms with Gasteiger partial charge in [-0.25, -0.2) is 4.79 Å². The molecule has 2 aromatic rings. The lowest BCUT2D eigenvalue weighted by Gasteiger charge is -2.11. The molecule has 2 aromatic carbocycles. The van der Waals surface area contributed by atoms with E-state index in [1.54, 1.807) is 30.3 Å². The van der Waals surface area contributed by atoms with Gasteiger partial charge in [-0.3, -0.25) is 0 Å². The summed E-state index contributed by atoms with van der Waals surface area (Å²) >= 11 is 5.27. The molecule has 0 radical (unpaired) electrons. The van der Waals surface area contributed by atoms with E-state index < -0.39 is 5.97 Å². The molecule has 2 N–H and O–H groups in total. The van der Waals surface area contributed by atoms with Crippen LogP contribution in [0.3, 0.4) is 0 Å². The molecular weight excluding hydrogens is 316 g/mol. The molecule has 0 aromatic heterocycles. The van der Waals surface area contributed by atoms with Gasteiger partial charge in [0.2, 0.25) is 6.79 Å². The number of ether oxygens (including phenoxy) is 3. The molecule has 1 aliphatic heterocycles. The van der Waals surface area contributed by atoms with Crippen LogP contribution in [0.15, 0.2) is 42.5 Å². The molecule has 0 saturated heterocycles. The third-order valence-corrected chi connectivity index (χ3v) is 3.38. The zero-order valence-electron chi connectivity index (χ0n) is 12.3. The van der Waals surface area contributed by atoms with Gasteiger partial charge in [0.15, 0.2) is 16.6 Å². The Bertz CT molecular complexity index is 763. The van der Waals surface area contributed by atoms with Gasteiger partial charge >= 0.3 is 5.97 Å². The predicted molar refractivity (Wildman–Crippen MR) is 90.2 cm³/mol. The first kappa shape index (κ1) is 15.1. The Hall–Kier alpha value is -2.80. The summed E-state index contributed by atoms with van der Waals surface area (Å²) in [5.74, 6) is 0.981. The van der Waals surface area contributed by atoms with Crippen LogP contribution in [0.1, 0.15) is 10.4 Å². The van der Waals surface area contributed by atoms with E-state index >= 15 is 0 Å². The highest BCUT2D eigenvalue weighted by atomic mass is 32.1. The van der Waals surface area contributed by atoms with Crippen LogP contribution in [0.5, 0.6) is 11.5 Å². The number of thiocarbonyl (C=S) groups is 1. The maximum absolute atomic E-state index is 11.5. The summed E-state index contributed by atoms with van der Waals surface area (Å²) in [4.78, 5) is 11.5. The van der Waals surface area contributed by atoms with Crippen LogP contribution >= 0.6 is 12.2 Å². The van der Waals surface area contributed by atoms with Gasteiger partial charge < -0.3 is 24.8 Å².